The van der Waals surface area contributed by atoms with Crippen molar-refractivity contribution in [1.82, 2.24) is 4.90 Å². The average molecular weight is 340 g/mol. The Labute approximate surface area is 151 Å². The Balaban J connectivity index is 1.73. The van der Waals surface area contributed by atoms with Gasteiger partial charge in [-0.25, -0.2) is 0 Å². The highest BCUT2D eigenvalue weighted by atomic mass is 32.2. The summed E-state index contributed by atoms with van der Waals surface area (Å²) in [7, 11) is 0. The van der Waals surface area contributed by atoms with Gasteiger partial charge in [-0.2, -0.15) is 0 Å². The Morgan fingerprint density at radius 3 is 1.88 bits per heavy atom. The molecule has 2 aromatic rings. The molecule has 0 fully saturated rings. The van der Waals surface area contributed by atoms with Crippen LogP contribution in [0.5, 0.6) is 0 Å². The lowest BCUT2D eigenvalue weighted by Crippen LogP contribution is -2.27. The van der Waals surface area contributed by atoms with Crippen molar-refractivity contribution in [2.45, 2.75) is 55.2 Å². The van der Waals surface area contributed by atoms with Gasteiger partial charge in [0, 0.05) is 15.7 Å². The van der Waals surface area contributed by atoms with E-state index in [-0.39, 0.29) is 0 Å². The van der Waals surface area contributed by atoms with Crippen LogP contribution in [0.4, 0.5) is 0 Å². The summed E-state index contributed by atoms with van der Waals surface area (Å²) in [5.41, 5.74) is 3.05. The van der Waals surface area contributed by atoms with Crippen molar-refractivity contribution in [3.8, 4) is 0 Å². The molecule has 1 aliphatic rings. The summed E-state index contributed by atoms with van der Waals surface area (Å²) < 4.78 is 0. The maximum atomic E-state index is 2.63. The van der Waals surface area contributed by atoms with Crippen molar-refractivity contribution in [3.63, 3.8) is 0 Å². The van der Waals surface area contributed by atoms with Gasteiger partial charge in [-0.3, -0.25) is 0 Å². The first-order chi connectivity index (χ1) is 11.8. The highest BCUT2D eigenvalue weighted by Gasteiger charge is 2.25. The summed E-state index contributed by atoms with van der Waals surface area (Å²) >= 11 is 1.93. The second-order valence-corrected chi connectivity index (χ2v) is 7.80. The van der Waals surface area contributed by atoms with E-state index in [0.717, 1.165) is 0 Å². The number of rotatable bonds is 8. The standard InChI is InChI=1S/C22H29NS/c1-3-15-23(16-4-2)17-9-12-18-19-10-5-7-13-21(19)24-22-14-8-6-11-20(18)22/h5-8,10-11,13-14,18H,3-4,9,12,15-17H2,1-2H3. The predicted molar refractivity (Wildman–Crippen MR) is 105 cm³/mol. The lowest BCUT2D eigenvalue weighted by molar-refractivity contribution is 0.267. The zero-order valence-corrected chi connectivity index (χ0v) is 15.8. The molecule has 24 heavy (non-hydrogen) atoms. The molecule has 1 nitrogen and oxygen atoms in total. The van der Waals surface area contributed by atoms with Crippen LogP contribution in [-0.2, 0) is 0 Å². The third kappa shape index (κ3) is 4.04. The molecule has 1 heterocycles. The van der Waals surface area contributed by atoms with Gasteiger partial charge in [0.2, 0.25) is 0 Å². The Hall–Kier alpha value is -1.25. The van der Waals surface area contributed by atoms with Crippen molar-refractivity contribution >= 4 is 11.8 Å². The monoisotopic (exact) mass is 339 g/mol. The molecule has 0 radical (unpaired) electrons. The van der Waals surface area contributed by atoms with E-state index >= 15 is 0 Å². The zero-order chi connectivity index (χ0) is 16.8. The molecule has 128 valence electrons. The molecule has 0 aliphatic carbocycles. The largest absolute Gasteiger partial charge is 0.303 e. The molecule has 2 heteroatoms. The minimum atomic E-state index is 0.559. The van der Waals surface area contributed by atoms with Crippen LogP contribution in [0.2, 0.25) is 0 Å². The molecule has 0 atom stereocenters. The smallest absolute Gasteiger partial charge is 0.0160 e. The van der Waals surface area contributed by atoms with E-state index in [1.54, 1.807) is 0 Å². The molecular weight excluding hydrogens is 310 g/mol. The van der Waals surface area contributed by atoms with Gasteiger partial charge >= 0.3 is 0 Å². The summed E-state index contributed by atoms with van der Waals surface area (Å²) in [6.45, 7) is 8.28. The van der Waals surface area contributed by atoms with Crippen LogP contribution in [-0.4, -0.2) is 24.5 Å². The highest BCUT2D eigenvalue weighted by Crippen LogP contribution is 2.47. The molecule has 0 N–H and O–H groups in total. The minimum Gasteiger partial charge on any atom is -0.303 e. The molecular formula is C22H29NS. The molecule has 0 bridgehead atoms. The van der Waals surface area contributed by atoms with E-state index in [1.165, 1.54) is 66.2 Å². The third-order valence-corrected chi connectivity index (χ3v) is 6.04. The number of hydrogen-bond donors (Lipinski definition) is 0. The SMILES string of the molecule is CCCN(CCC)CCCC1c2ccccc2Sc2ccccc21. The number of hydrogen-bond acceptors (Lipinski definition) is 2. The van der Waals surface area contributed by atoms with Crippen molar-refractivity contribution < 1.29 is 0 Å². The maximum Gasteiger partial charge on any atom is 0.0160 e. The summed E-state index contributed by atoms with van der Waals surface area (Å²) in [6.07, 6.45) is 5.04. The van der Waals surface area contributed by atoms with Gasteiger partial charge in [-0.1, -0.05) is 62.0 Å². The van der Waals surface area contributed by atoms with Crippen LogP contribution < -0.4 is 0 Å². The van der Waals surface area contributed by atoms with Crippen LogP contribution in [0.3, 0.4) is 0 Å². The summed E-state index contributed by atoms with van der Waals surface area (Å²) in [4.78, 5) is 5.52. The van der Waals surface area contributed by atoms with Gasteiger partial charge in [0.15, 0.2) is 0 Å². The average Bonchev–Trinajstić information content (AvgIpc) is 2.61. The predicted octanol–water partition coefficient (Wildman–Crippen LogP) is 6.19. The quantitative estimate of drug-likeness (QED) is 0.564. The topological polar surface area (TPSA) is 3.24 Å². The normalized spacial score (nSPS) is 13.8. The van der Waals surface area contributed by atoms with Crippen LogP contribution in [0, 0.1) is 0 Å². The van der Waals surface area contributed by atoms with Gasteiger partial charge in [-0.05, 0) is 68.6 Å². The van der Waals surface area contributed by atoms with E-state index in [4.69, 9.17) is 0 Å². The van der Waals surface area contributed by atoms with E-state index in [0.29, 0.717) is 5.92 Å². The third-order valence-electron chi connectivity index (χ3n) is 4.86. The van der Waals surface area contributed by atoms with Crippen molar-refractivity contribution in [3.05, 3.63) is 59.7 Å². The van der Waals surface area contributed by atoms with Gasteiger partial charge in [0.1, 0.15) is 0 Å². The molecule has 0 saturated heterocycles. The summed E-state index contributed by atoms with van der Waals surface area (Å²) in [5, 5.41) is 0. The molecule has 0 amide bonds. The molecule has 3 rings (SSSR count). The Bertz CT molecular complexity index is 600. The summed E-state index contributed by atoms with van der Waals surface area (Å²) in [6, 6.07) is 18.0. The lowest BCUT2D eigenvalue weighted by atomic mass is 9.87. The van der Waals surface area contributed by atoms with E-state index in [9.17, 15) is 0 Å². The Morgan fingerprint density at radius 2 is 1.33 bits per heavy atom. The maximum absolute atomic E-state index is 2.63. The fourth-order valence-corrected chi connectivity index (χ4v) is 4.99. The number of benzene rings is 2. The van der Waals surface area contributed by atoms with Gasteiger partial charge in [-0.15, -0.1) is 0 Å². The van der Waals surface area contributed by atoms with Crippen LogP contribution in [0.1, 0.15) is 56.6 Å². The van der Waals surface area contributed by atoms with Gasteiger partial charge in [0.25, 0.3) is 0 Å². The molecule has 1 aliphatic heterocycles. The molecule has 0 spiro atoms. The number of fused-ring (bicyclic) bond motifs is 2. The van der Waals surface area contributed by atoms with Gasteiger partial charge in [0.05, 0.1) is 0 Å². The number of nitrogens with zero attached hydrogens (tertiary/aromatic N) is 1. The van der Waals surface area contributed by atoms with E-state index in [2.05, 4.69) is 67.3 Å². The molecule has 0 aromatic heterocycles. The Kier molecular flexibility index (Phi) is 6.39. The minimum absolute atomic E-state index is 0.559. The molecule has 0 unspecified atom stereocenters. The van der Waals surface area contributed by atoms with Crippen LogP contribution in [0.25, 0.3) is 0 Å². The second-order valence-electron chi connectivity index (χ2n) is 6.71. The summed E-state index contributed by atoms with van der Waals surface area (Å²) in [5.74, 6) is 0.559. The van der Waals surface area contributed by atoms with Gasteiger partial charge < -0.3 is 4.90 Å². The molecule has 2 aromatic carbocycles. The van der Waals surface area contributed by atoms with E-state index in [1.807, 2.05) is 11.8 Å². The lowest BCUT2D eigenvalue weighted by Gasteiger charge is -2.29. The van der Waals surface area contributed by atoms with E-state index < -0.39 is 0 Å². The van der Waals surface area contributed by atoms with Crippen LogP contribution >= 0.6 is 11.8 Å². The van der Waals surface area contributed by atoms with Crippen molar-refractivity contribution in [2.24, 2.45) is 0 Å². The first kappa shape index (κ1) is 17.6. The van der Waals surface area contributed by atoms with Crippen LogP contribution in [0.15, 0.2) is 58.3 Å². The van der Waals surface area contributed by atoms with Crippen molar-refractivity contribution in [2.75, 3.05) is 19.6 Å². The zero-order valence-electron chi connectivity index (χ0n) is 15.0. The fourth-order valence-electron chi connectivity index (χ4n) is 3.81. The first-order valence-corrected chi connectivity index (χ1v) is 10.2. The first-order valence-electron chi connectivity index (χ1n) is 9.41. The molecule has 0 saturated carbocycles. The fraction of sp³-hybridized carbons (Fsp3) is 0.455. The second kappa shape index (κ2) is 8.73. The van der Waals surface area contributed by atoms with Crippen molar-refractivity contribution in [1.29, 1.82) is 0 Å². The highest BCUT2D eigenvalue weighted by molar-refractivity contribution is 7.99. The Morgan fingerprint density at radius 1 is 0.792 bits per heavy atom.